The Kier molecular flexibility index (Phi) is 2.93. The topological polar surface area (TPSA) is 61.2 Å². The molecule has 0 unspecified atom stereocenters. The second kappa shape index (κ2) is 4.20. The molecular formula is C10H19N5. The van der Waals surface area contributed by atoms with Crippen molar-refractivity contribution in [2.75, 3.05) is 39.5 Å². The van der Waals surface area contributed by atoms with Crippen LogP contribution in [-0.4, -0.2) is 53.7 Å². The van der Waals surface area contributed by atoms with Crippen LogP contribution in [0.3, 0.4) is 0 Å². The van der Waals surface area contributed by atoms with E-state index in [9.17, 15) is 0 Å². The van der Waals surface area contributed by atoms with Crippen molar-refractivity contribution >= 4 is 5.82 Å². The zero-order valence-corrected chi connectivity index (χ0v) is 9.45. The van der Waals surface area contributed by atoms with Crippen molar-refractivity contribution in [3.05, 3.63) is 11.3 Å². The molecule has 0 atom stereocenters. The molecule has 0 saturated heterocycles. The number of aromatic nitrogens is 2. The molecule has 2 heterocycles. The first-order chi connectivity index (χ1) is 7.16. The highest BCUT2D eigenvalue weighted by molar-refractivity contribution is 5.42. The maximum absolute atomic E-state index is 5.80. The molecular weight excluding hydrogens is 190 g/mol. The van der Waals surface area contributed by atoms with Gasteiger partial charge in [0, 0.05) is 43.9 Å². The average molecular weight is 209 g/mol. The van der Waals surface area contributed by atoms with Crippen molar-refractivity contribution in [3.63, 3.8) is 0 Å². The predicted octanol–water partition coefficient (Wildman–Crippen LogP) is -0.0884. The van der Waals surface area contributed by atoms with Crippen LogP contribution in [0.4, 0.5) is 5.82 Å². The van der Waals surface area contributed by atoms with Crippen molar-refractivity contribution < 1.29 is 0 Å². The molecule has 84 valence electrons. The molecule has 1 aromatic rings. The number of rotatable bonds is 3. The number of nitrogens with one attached hydrogen (secondary N) is 1. The Labute approximate surface area is 90.2 Å². The van der Waals surface area contributed by atoms with Gasteiger partial charge in [0.15, 0.2) is 0 Å². The summed E-state index contributed by atoms with van der Waals surface area (Å²) in [7, 11) is 4.20. The Bertz CT molecular complexity index is 331. The van der Waals surface area contributed by atoms with Crippen LogP contribution in [0.15, 0.2) is 0 Å². The standard InChI is InChI=1S/C10H19N5/c1-14(2)5-6-15-4-3-9-8(7-15)10(11)13-12-9/h3-7H2,1-2H3,(H3,11,12,13). The second-order valence-corrected chi connectivity index (χ2v) is 4.40. The smallest absolute Gasteiger partial charge is 0.149 e. The number of nitrogen functional groups attached to an aromatic ring is 1. The van der Waals surface area contributed by atoms with Crippen LogP contribution in [0.1, 0.15) is 11.3 Å². The molecule has 0 aliphatic carbocycles. The van der Waals surface area contributed by atoms with Gasteiger partial charge in [0.25, 0.3) is 0 Å². The van der Waals surface area contributed by atoms with Gasteiger partial charge in [-0.3, -0.25) is 10.00 Å². The third-order valence-corrected chi connectivity index (χ3v) is 2.91. The van der Waals surface area contributed by atoms with Gasteiger partial charge in [-0.2, -0.15) is 5.10 Å². The van der Waals surface area contributed by atoms with Crippen molar-refractivity contribution in [2.24, 2.45) is 0 Å². The summed E-state index contributed by atoms with van der Waals surface area (Å²) in [6.45, 7) is 4.22. The number of anilines is 1. The molecule has 0 bridgehead atoms. The third-order valence-electron chi connectivity index (χ3n) is 2.91. The molecule has 0 fully saturated rings. The summed E-state index contributed by atoms with van der Waals surface area (Å²) < 4.78 is 0. The van der Waals surface area contributed by atoms with Gasteiger partial charge in [-0.25, -0.2) is 0 Å². The fourth-order valence-electron chi connectivity index (χ4n) is 1.91. The van der Waals surface area contributed by atoms with Gasteiger partial charge in [-0.1, -0.05) is 0 Å². The number of fused-ring (bicyclic) bond motifs is 1. The SMILES string of the molecule is CN(C)CCN1CCc2[nH]nc(N)c2C1. The minimum atomic E-state index is 0.666. The number of nitrogens with two attached hydrogens (primary N) is 1. The van der Waals surface area contributed by atoms with Gasteiger partial charge in [-0.15, -0.1) is 0 Å². The van der Waals surface area contributed by atoms with E-state index in [0.29, 0.717) is 5.82 Å². The maximum Gasteiger partial charge on any atom is 0.149 e. The summed E-state index contributed by atoms with van der Waals surface area (Å²) in [4.78, 5) is 4.63. The van der Waals surface area contributed by atoms with E-state index in [1.807, 2.05) is 0 Å². The van der Waals surface area contributed by atoms with Gasteiger partial charge >= 0.3 is 0 Å². The Morgan fingerprint density at radius 3 is 3.07 bits per heavy atom. The third kappa shape index (κ3) is 2.30. The van der Waals surface area contributed by atoms with Crippen molar-refractivity contribution in [1.82, 2.24) is 20.0 Å². The molecule has 1 aromatic heterocycles. The summed E-state index contributed by atoms with van der Waals surface area (Å²) in [5.74, 6) is 0.666. The molecule has 0 spiro atoms. The molecule has 5 nitrogen and oxygen atoms in total. The van der Waals surface area contributed by atoms with Crippen molar-refractivity contribution in [1.29, 1.82) is 0 Å². The van der Waals surface area contributed by atoms with Gasteiger partial charge < -0.3 is 10.6 Å². The molecule has 5 heteroatoms. The van der Waals surface area contributed by atoms with E-state index in [2.05, 4.69) is 34.1 Å². The van der Waals surface area contributed by atoms with Gasteiger partial charge in [0.1, 0.15) is 5.82 Å². The van der Waals surface area contributed by atoms with E-state index in [-0.39, 0.29) is 0 Å². The molecule has 0 radical (unpaired) electrons. The highest BCUT2D eigenvalue weighted by atomic mass is 15.2. The normalized spacial score (nSPS) is 17.0. The molecule has 0 amide bonds. The minimum absolute atomic E-state index is 0.666. The number of likely N-dealkylation sites (N-methyl/N-ethyl adjacent to an activating group) is 1. The maximum atomic E-state index is 5.80. The van der Waals surface area contributed by atoms with Crippen LogP contribution in [0.2, 0.25) is 0 Å². The van der Waals surface area contributed by atoms with Gasteiger partial charge in [0.05, 0.1) is 0 Å². The Hall–Kier alpha value is -1.07. The molecule has 0 saturated carbocycles. The fourth-order valence-corrected chi connectivity index (χ4v) is 1.91. The fraction of sp³-hybridized carbons (Fsp3) is 0.700. The van der Waals surface area contributed by atoms with Crippen LogP contribution in [0.5, 0.6) is 0 Å². The number of aromatic amines is 1. The molecule has 3 N–H and O–H groups in total. The van der Waals surface area contributed by atoms with Crippen LogP contribution in [0, 0.1) is 0 Å². The molecule has 0 aromatic carbocycles. The lowest BCUT2D eigenvalue weighted by Crippen LogP contribution is -2.35. The lowest BCUT2D eigenvalue weighted by molar-refractivity contribution is 0.225. The van der Waals surface area contributed by atoms with Gasteiger partial charge in [0.2, 0.25) is 0 Å². The summed E-state index contributed by atoms with van der Waals surface area (Å²) in [5, 5.41) is 7.04. The largest absolute Gasteiger partial charge is 0.382 e. The highest BCUT2D eigenvalue weighted by Gasteiger charge is 2.20. The van der Waals surface area contributed by atoms with E-state index < -0.39 is 0 Å². The number of H-pyrrole nitrogens is 1. The number of hydrogen-bond donors (Lipinski definition) is 2. The minimum Gasteiger partial charge on any atom is -0.382 e. The predicted molar refractivity (Wildman–Crippen MR) is 60.5 cm³/mol. The molecule has 15 heavy (non-hydrogen) atoms. The Balaban J connectivity index is 1.96. The van der Waals surface area contributed by atoms with Crippen LogP contribution in [-0.2, 0) is 13.0 Å². The van der Waals surface area contributed by atoms with Crippen LogP contribution >= 0.6 is 0 Å². The van der Waals surface area contributed by atoms with Crippen LogP contribution in [0.25, 0.3) is 0 Å². The van der Waals surface area contributed by atoms with Crippen LogP contribution < -0.4 is 5.73 Å². The lowest BCUT2D eigenvalue weighted by Gasteiger charge is -2.27. The number of hydrogen-bond acceptors (Lipinski definition) is 4. The zero-order chi connectivity index (χ0) is 10.8. The quantitative estimate of drug-likeness (QED) is 0.730. The first-order valence-corrected chi connectivity index (χ1v) is 5.35. The first-order valence-electron chi connectivity index (χ1n) is 5.35. The van der Waals surface area contributed by atoms with E-state index in [1.165, 1.54) is 11.3 Å². The van der Waals surface area contributed by atoms with E-state index >= 15 is 0 Å². The number of nitrogens with zero attached hydrogens (tertiary/aromatic N) is 3. The molecule has 1 aliphatic rings. The highest BCUT2D eigenvalue weighted by Crippen LogP contribution is 2.21. The molecule has 2 rings (SSSR count). The monoisotopic (exact) mass is 209 g/mol. The summed E-state index contributed by atoms with van der Waals surface area (Å²) >= 11 is 0. The molecule has 1 aliphatic heterocycles. The second-order valence-electron chi connectivity index (χ2n) is 4.40. The Morgan fingerprint density at radius 2 is 2.33 bits per heavy atom. The van der Waals surface area contributed by atoms with Gasteiger partial charge in [-0.05, 0) is 14.1 Å². The Morgan fingerprint density at radius 1 is 1.53 bits per heavy atom. The first kappa shape index (κ1) is 10.4. The summed E-state index contributed by atoms with van der Waals surface area (Å²) in [5.41, 5.74) is 8.21. The van der Waals surface area contributed by atoms with E-state index in [4.69, 9.17) is 5.73 Å². The van der Waals surface area contributed by atoms with Crippen molar-refractivity contribution in [3.8, 4) is 0 Å². The average Bonchev–Trinajstić information content (AvgIpc) is 2.57. The van der Waals surface area contributed by atoms with Crippen molar-refractivity contribution in [2.45, 2.75) is 13.0 Å². The van der Waals surface area contributed by atoms with E-state index in [1.54, 1.807) is 0 Å². The van der Waals surface area contributed by atoms with E-state index in [0.717, 1.165) is 32.6 Å². The summed E-state index contributed by atoms with van der Waals surface area (Å²) in [6, 6.07) is 0. The summed E-state index contributed by atoms with van der Waals surface area (Å²) in [6.07, 6.45) is 1.03. The zero-order valence-electron chi connectivity index (χ0n) is 9.45. The lowest BCUT2D eigenvalue weighted by atomic mass is 10.1.